The third-order valence-electron chi connectivity index (χ3n) is 0.864. The lowest BCUT2D eigenvalue weighted by Gasteiger charge is -1.90. The topological polar surface area (TPSA) is 34.1 Å². The molecule has 0 N–H and O–H groups in total. The summed E-state index contributed by atoms with van der Waals surface area (Å²) in [5, 5.41) is 0. The summed E-state index contributed by atoms with van der Waals surface area (Å²) >= 11 is 0. The molecule has 0 aromatic rings. The number of hydrogen-bond donors (Lipinski definition) is 0. The lowest BCUT2D eigenvalue weighted by molar-refractivity contribution is -0.117. The van der Waals surface area contributed by atoms with Crippen molar-refractivity contribution in [1.29, 1.82) is 0 Å². The molecule has 2 heteroatoms. The largest absolute Gasteiger partial charge is 0.300 e. The van der Waals surface area contributed by atoms with E-state index >= 15 is 0 Å². The van der Waals surface area contributed by atoms with Crippen molar-refractivity contribution in [2.24, 2.45) is 0 Å². The van der Waals surface area contributed by atoms with E-state index in [0.717, 1.165) is 0 Å². The van der Waals surface area contributed by atoms with Crippen LogP contribution in [-0.4, -0.2) is 11.6 Å². The van der Waals surface area contributed by atoms with Gasteiger partial charge in [0.05, 0.1) is 0 Å². The van der Waals surface area contributed by atoms with Crippen LogP contribution in [0, 0.1) is 6.42 Å². The van der Waals surface area contributed by atoms with Gasteiger partial charge in [0, 0.05) is 12.8 Å². The zero-order valence-corrected chi connectivity index (χ0v) is 5.81. The van der Waals surface area contributed by atoms with Gasteiger partial charge in [-0.05, 0) is 20.3 Å². The molecule has 1 radical (unpaired) electrons. The van der Waals surface area contributed by atoms with Crippen LogP contribution in [-0.2, 0) is 9.59 Å². The highest BCUT2D eigenvalue weighted by atomic mass is 16.1. The van der Waals surface area contributed by atoms with E-state index < -0.39 is 0 Å². The summed E-state index contributed by atoms with van der Waals surface area (Å²) in [5.74, 6) is 0.215. The summed E-state index contributed by atoms with van der Waals surface area (Å²) in [5.41, 5.74) is 0. The van der Waals surface area contributed by atoms with Crippen molar-refractivity contribution < 1.29 is 9.59 Å². The molecule has 0 spiro atoms. The number of Topliss-reactive ketones (excluding diaryl/α,β-unsaturated/α-hetero) is 2. The van der Waals surface area contributed by atoms with E-state index in [9.17, 15) is 9.59 Å². The molecule has 0 aromatic heterocycles. The molecule has 0 unspecified atom stereocenters. The Balaban J connectivity index is 3.10. The second-order valence-corrected chi connectivity index (χ2v) is 2.10. The van der Waals surface area contributed by atoms with Gasteiger partial charge in [-0.2, -0.15) is 0 Å². The smallest absolute Gasteiger partial charge is 0.130 e. The number of carbonyl (C=O) groups excluding carboxylic acids is 2. The summed E-state index contributed by atoms with van der Waals surface area (Å²) in [4.78, 5) is 20.6. The van der Waals surface area contributed by atoms with E-state index in [1.165, 1.54) is 13.8 Å². The van der Waals surface area contributed by atoms with Gasteiger partial charge in [-0.3, -0.25) is 0 Å². The Kier molecular flexibility index (Phi) is 3.93. The number of rotatable bonds is 4. The van der Waals surface area contributed by atoms with Gasteiger partial charge in [-0.1, -0.05) is 0 Å². The standard InChI is InChI=1S/C7H11O2/c1-6(8)4-3-5-7(2)9/h3H,4-5H2,1-2H3. The fourth-order valence-electron chi connectivity index (χ4n) is 0.479. The molecule has 9 heavy (non-hydrogen) atoms. The van der Waals surface area contributed by atoms with Gasteiger partial charge < -0.3 is 9.59 Å². The first-order valence-corrected chi connectivity index (χ1v) is 2.93. The Morgan fingerprint density at radius 1 is 1.11 bits per heavy atom. The fraction of sp³-hybridized carbons (Fsp3) is 0.571. The maximum Gasteiger partial charge on any atom is 0.130 e. The predicted molar refractivity (Wildman–Crippen MR) is 34.9 cm³/mol. The highest BCUT2D eigenvalue weighted by Crippen LogP contribution is 1.94. The summed E-state index contributed by atoms with van der Waals surface area (Å²) in [6, 6.07) is 0. The molecule has 0 aromatic carbocycles. The van der Waals surface area contributed by atoms with Gasteiger partial charge in [-0.25, -0.2) is 0 Å². The molecule has 0 heterocycles. The van der Waals surface area contributed by atoms with Crippen molar-refractivity contribution in [3.8, 4) is 0 Å². The first-order chi connectivity index (χ1) is 4.13. The van der Waals surface area contributed by atoms with Crippen molar-refractivity contribution in [1.82, 2.24) is 0 Å². The third-order valence-corrected chi connectivity index (χ3v) is 0.864. The molecule has 0 rings (SSSR count). The summed E-state index contributed by atoms with van der Waals surface area (Å²) in [6.07, 6.45) is 2.53. The summed E-state index contributed by atoms with van der Waals surface area (Å²) in [7, 11) is 0. The average molecular weight is 127 g/mol. The Hall–Kier alpha value is -0.660. The summed E-state index contributed by atoms with van der Waals surface area (Å²) < 4.78 is 0. The Morgan fingerprint density at radius 3 is 1.67 bits per heavy atom. The first kappa shape index (κ1) is 8.34. The minimum atomic E-state index is 0.108. The molecular formula is C7H11O2. The zero-order chi connectivity index (χ0) is 7.28. The molecule has 0 aliphatic rings. The molecule has 0 atom stereocenters. The predicted octanol–water partition coefficient (Wildman–Crippen LogP) is 1.15. The Morgan fingerprint density at radius 2 is 1.44 bits per heavy atom. The zero-order valence-electron chi connectivity index (χ0n) is 5.81. The third kappa shape index (κ3) is 7.34. The fourth-order valence-corrected chi connectivity index (χ4v) is 0.479. The minimum absolute atomic E-state index is 0.108. The van der Waals surface area contributed by atoms with Gasteiger partial charge in [-0.15, -0.1) is 0 Å². The summed E-state index contributed by atoms with van der Waals surface area (Å²) in [6.45, 7) is 3.02. The van der Waals surface area contributed by atoms with E-state index in [0.29, 0.717) is 12.8 Å². The number of hydrogen-bond acceptors (Lipinski definition) is 2. The highest BCUT2D eigenvalue weighted by molar-refractivity contribution is 5.80. The van der Waals surface area contributed by atoms with Crippen molar-refractivity contribution in [2.75, 3.05) is 0 Å². The Labute approximate surface area is 55.3 Å². The van der Waals surface area contributed by atoms with Gasteiger partial charge >= 0.3 is 0 Å². The Bertz CT molecular complexity index is 102. The van der Waals surface area contributed by atoms with Crippen LogP contribution in [0.1, 0.15) is 26.7 Å². The van der Waals surface area contributed by atoms with E-state index in [2.05, 4.69) is 0 Å². The van der Waals surface area contributed by atoms with Gasteiger partial charge in [0.15, 0.2) is 0 Å². The van der Waals surface area contributed by atoms with Crippen LogP contribution in [0.3, 0.4) is 0 Å². The van der Waals surface area contributed by atoms with E-state index in [4.69, 9.17) is 0 Å². The van der Waals surface area contributed by atoms with E-state index in [-0.39, 0.29) is 11.6 Å². The van der Waals surface area contributed by atoms with Crippen LogP contribution in [0.25, 0.3) is 0 Å². The molecular weight excluding hydrogens is 116 g/mol. The molecule has 0 saturated heterocycles. The van der Waals surface area contributed by atoms with Crippen LogP contribution >= 0.6 is 0 Å². The average Bonchev–Trinajstić information content (AvgIpc) is 1.63. The maximum absolute atomic E-state index is 10.3. The van der Waals surface area contributed by atoms with Crippen molar-refractivity contribution in [3.05, 3.63) is 6.42 Å². The lowest BCUT2D eigenvalue weighted by atomic mass is 10.1. The number of ketones is 2. The minimum Gasteiger partial charge on any atom is -0.300 e. The molecule has 0 aliphatic carbocycles. The van der Waals surface area contributed by atoms with Gasteiger partial charge in [0.2, 0.25) is 0 Å². The van der Waals surface area contributed by atoms with Gasteiger partial charge in [0.1, 0.15) is 11.6 Å². The van der Waals surface area contributed by atoms with Crippen LogP contribution in [0.4, 0.5) is 0 Å². The number of carbonyl (C=O) groups is 2. The maximum atomic E-state index is 10.3. The molecule has 0 fully saturated rings. The molecule has 0 bridgehead atoms. The molecule has 2 nitrogen and oxygen atoms in total. The van der Waals surface area contributed by atoms with Crippen LogP contribution < -0.4 is 0 Å². The molecule has 0 saturated carbocycles. The van der Waals surface area contributed by atoms with Crippen molar-refractivity contribution in [2.45, 2.75) is 26.7 Å². The van der Waals surface area contributed by atoms with Gasteiger partial charge in [0.25, 0.3) is 0 Å². The van der Waals surface area contributed by atoms with Crippen LogP contribution in [0.2, 0.25) is 0 Å². The lowest BCUT2D eigenvalue weighted by Crippen LogP contribution is -1.94. The second kappa shape index (κ2) is 4.24. The molecule has 0 amide bonds. The van der Waals surface area contributed by atoms with Crippen LogP contribution in [0.15, 0.2) is 0 Å². The monoisotopic (exact) mass is 127 g/mol. The molecule has 51 valence electrons. The second-order valence-electron chi connectivity index (χ2n) is 2.10. The normalized spacial score (nSPS) is 9.11. The van der Waals surface area contributed by atoms with Crippen molar-refractivity contribution >= 4 is 11.6 Å². The highest BCUT2D eigenvalue weighted by Gasteiger charge is 1.95. The molecule has 0 aliphatic heterocycles. The van der Waals surface area contributed by atoms with Crippen molar-refractivity contribution in [3.63, 3.8) is 0 Å². The SMILES string of the molecule is CC(=O)C[CH]CC(C)=O. The van der Waals surface area contributed by atoms with Crippen LogP contribution in [0.5, 0.6) is 0 Å². The van der Waals surface area contributed by atoms with E-state index in [1.807, 2.05) is 0 Å². The van der Waals surface area contributed by atoms with E-state index in [1.54, 1.807) is 6.42 Å². The quantitative estimate of drug-likeness (QED) is 0.567. The first-order valence-electron chi connectivity index (χ1n) is 2.93.